The minimum absolute atomic E-state index is 0.663. The van der Waals surface area contributed by atoms with Gasteiger partial charge in [0.15, 0.2) is 0 Å². The fourth-order valence-corrected chi connectivity index (χ4v) is 2.39. The second kappa shape index (κ2) is 5.90. The van der Waals surface area contributed by atoms with Crippen LogP contribution >= 0.6 is 0 Å². The van der Waals surface area contributed by atoms with Crippen LogP contribution in [0.3, 0.4) is 0 Å². The number of rotatable bonds is 4. The predicted molar refractivity (Wildman–Crippen MR) is 69.8 cm³/mol. The first-order valence-electron chi connectivity index (χ1n) is 6.42. The van der Waals surface area contributed by atoms with Gasteiger partial charge in [-0.25, -0.2) is 0 Å². The van der Waals surface area contributed by atoms with E-state index in [9.17, 15) is 0 Å². The topological polar surface area (TPSA) is 15.3 Å². The summed E-state index contributed by atoms with van der Waals surface area (Å²) < 4.78 is 0. The van der Waals surface area contributed by atoms with E-state index in [1.807, 2.05) is 0 Å². The Morgan fingerprint density at radius 3 is 2.50 bits per heavy atom. The molecule has 1 heterocycles. The Balaban J connectivity index is 1.77. The maximum atomic E-state index is 3.62. The third kappa shape index (κ3) is 3.24. The Morgan fingerprint density at radius 2 is 1.88 bits per heavy atom. The van der Waals surface area contributed by atoms with E-state index in [0.717, 1.165) is 0 Å². The Bertz CT molecular complexity index is 289. The minimum atomic E-state index is 0.663. The van der Waals surface area contributed by atoms with Crippen LogP contribution in [0.25, 0.3) is 0 Å². The zero-order valence-electron chi connectivity index (χ0n) is 10.2. The molecule has 2 rings (SSSR count). The highest BCUT2D eigenvalue weighted by Gasteiger charge is 2.17. The maximum Gasteiger partial charge on any atom is 0.0342 e. The van der Waals surface area contributed by atoms with Crippen LogP contribution in [-0.2, 0) is 0 Å². The second-order valence-corrected chi connectivity index (χ2v) is 4.63. The van der Waals surface area contributed by atoms with E-state index in [1.54, 1.807) is 0 Å². The van der Waals surface area contributed by atoms with Crippen LogP contribution in [0, 0.1) is 0 Å². The minimum Gasteiger partial charge on any atom is -0.382 e. The number of piperidine rings is 1. The molecule has 0 unspecified atom stereocenters. The molecule has 2 heteroatoms. The van der Waals surface area contributed by atoms with Crippen molar-refractivity contribution >= 4 is 5.69 Å². The third-order valence-electron chi connectivity index (χ3n) is 3.27. The van der Waals surface area contributed by atoms with Gasteiger partial charge in [-0.15, -0.1) is 0 Å². The lowest BCUT2D eigenvalue weighted by Crippen LogP contribution is -2.39. The predicted octanol–water partition coefficient (Wildman–Crippen LogP) is 2.97. The van der Waals surface area contributed by atoms with Crippen LogP contribution in [0.15, 0.2) is 30.3 Å². The molecule has 0 saturated carbocycles. The summed E-state index contributed by atoms with van der Waals surface area (Å²) in [6.45, 7) is 6.02. The van der Waals surface area contributed by atoms with Gasteiger partial charge in [0.1, 0.15) is 0 Å². The molecule has 1 aliphatic rings. The van der Waals surface area contributed by atoms with Crippen LogP contribution < -0.4 is 5.32 Å². The summed E-state index contributed by atoms with van der Waals surface area (Å²) in [5, 5.41) is 3.62. The van der Waals surface area contributed by atoms with E-state index in [4.69, 9.17) is 0 Å². The molecule has 0 radical (unpaired) electrons. The molecule has 1 aromatic rings. The fraction of sp³-hybridized carbons (Fsp3) is 0.571. The van der Waals surface area contributed by atoms with Crippen molar-refractivity contribution in [2.45, 2.75) is 32.2 Å². The summed E-state index contributed by atoms with van der Waals surface area (Å²) >= 11 is 0. The Morgan fingerprint density at radius 1 is 1.19 bits per heavy atom. The second-order valence-electron chi connectivity index (χ2n) is 4.63. The largest absolute Gasteiger partial charge is 0.382 e. The lowest BCUT2D eigenvalue weighted by Gasteiger charge is -2.32. The highest BCUT2D eigenvalue weighted by Crippen LogP contribution is 2.16. The fourth-order valence-electron chi connectivity index (χ4n) is 2.39. The van der Waals surface area contributed by atoms with E-state index in [1.165, 1.54) is 44.6 Å². The molecule has 0 aromatic heterocycles. The molecular formula is C14H22N2. The molecule has 2 nitrogen and oxygen atoms in total. The number of para-hydroxylation sites is 1. The van der Waals surface area contributed by atoms with Crippen LogP contribution in [0.1, 0.15) is 26.2 Å². The van der Waals surface area contributed by atoms with Crippen LogP contribution in [0.4, 0.5) is 5.69 Å². The van der Waals surface area contributed by atoms with Gasteiger partial charge in [0, 0.05) is 24.8 Å². The highest BCUT2D eigenvalue weighted by molar-refractivity contribution is 5.43. The Labute approximate surface area is 98.7 Å². The van der Waals surface area contributed by atoms with Gasteiger partial charge in [-0.3, -0.25) is 0 Å². The van der Waals surface area contributed by atoms with Crippen molar-refractivity contribution in [3.63, 3.8) is 0 Å². The number of benzene rings is 1. The van der Waals surface area contributed by atoms with Crippen molar-refractivity contribution in [2.24, 2.45) is 0 Å². The average Bonchev–Trinajstić information content (AvgIpc) is 2.33. The van der Waals surface area contributed by atoms with Gasteiger partial charge in [0.2, 0.25) is 0 Å². The lowest BCUT2D eigenvalue weighted by atomic mass is 10.0. The van der Waals surface area contributed by atoms with Gasteiger partial charge in [-0.2, -0.15) is 0 Å². The third-order valence-corrected chi connectivity index (χ3v) is 3.27. The smallest absolute Gasteiger partial charge is 0.0342 e. The summed E-state index contributed by atoms with van der Waals surface area (Å²) in [5.74, 6) is 0. The van der Waals surface area contributed by atoms with E-state index in [-0.39, 0.29) is 0 Å². The molecule has 0 atom stereocenters. The molecule has 88 valence electrons. The van der Waals surface area contributed by atoms with Crippen LogP contribution in [0.5, 0.6) is 0 Å². The van der Waals surface area contributed by atoms with Crippen molar-refractivity contribution in [3.05, 3.63) is 30.3 Å². The number of nitrogens with zero attached hydrogens (tertiary/aromatic N) is 1. The SMILES string of the molecule is CCCN1CCC(Nc2ccccc2)CC1. The molecule has 0 spiro atoms. The normalized spacial score (nSPS) is 18.6. The standard InChI is InChI=1S/C14H22N2/c1-2-10-16-11-8-14(9-12-16)15-13-6-4-3-5-7-13/h3-7,14-15H,2,8-12H2,1H3. The number of anilines is 1. The number of nitrogens with one attached hydrogen (secondary N) is 1. The Hall–Kier alpha value is -1.02. The molecule has 0 aliphatic carbocycles. The number of hydrogen-bond acceptors (Lipinski definition) is 2. The molecule has 1 saturated heterocycles. The molecule has 1 aliphatic heterocycles. The molecule has 1 aromatic carbocycles. The molecule has 1 N–H and O–H groups in total. The first-order valence-corrected chi connectivity index (χ1v) is 6.42. The van der Waals surface area contributed by atoms with Crippen molar-refractivity contribution in [1.29, 1.82) is 0 Å². The van der Waals surface area contributed by atoms with Gasteiger partial charge < -0.3 is 10.2 Å². The van der Waals surface area contributed by atoms with E-state index >= 15 is 0 Å². The first-order chi connectivity index (χ1) is 7.88. The zero-order chi connectivity index (χ0) is 11.2. The van der Waals surface area contributed by atoms with Gasteiger partial charge >= 0.3 is 0 Å². The van der Waals surface area contributed by atoms with Gasteiger partial charge in [-0.05, 0) is 37.9 Å². The number of likely N-dealkylation sites (tertiary alicyclic amines) is 1. The van der Waals surface area contributed by atoms with Gasteiger partial charge in [-0.1, -0.05) is 25.1 Å². The molecule has 0 amide bonds. The van der Waals surface area contributed by atoms with Crippen molar-refractivity contribution in [2.75, 3.05) is 25.0 Å². The first kappa shape index (κ1) is 11.5. The van der Waals surface area contributed by atoms with Crippen molar-refractivity contribution in [3.8, 4) is 0 Å². The van der Waals surface area contributed by atoms with Gasteiger partial charge in [0.25, 0.3) is 0 Å². The van der Waals surface area contributed by atoms with Crippen LogP contribution in [-0.4, -0.2) is 30.6 Å². The zero-order valence-corrected chi connectivity index (χ0v) is 10.2. The summed E-state index contributed by atoms with van der Waals surface area (Å²) in [7, 11) is 0. The maximum absolute atomic E-state index is 3.62. The van der Waals surface area contributed by atoms with Crippen molar-refractivity contribution in [1.82, 2.24) is 4.90 Å². The molecular weight excluding hydrogens is 196 g/mol. The molecule has 1 fully saturated rings. The highest BCUT2D eigenvalue weighted by atomic mass is 15.1. The Kier molecular flexibility index (Phi) is 4.23. The molecule has 0 bridgehead atoms. The lowest BCUT2D eigenvalue weighted by molar-refractivity contribution is 0.219. The monoisotopic (exact) mass is 218 g/mol. The van der Waals surface area contributed by atoms with E-state index in [0.29, 0.717) is 6.04 Å². The summed E-state index contributed by atoms with van der Waals surface area (Å²) in [5.41, 5.74) is 1.26. The summed E-state index contributed by atoms with van der Waals surface area (Å²) in [6, 6.07) is 11.2. The molecule has 16 heavy (non-hydrogen) atoms. The van der Waals surface area contributed by atoms with Crippen molar-refractivity contribution < 1.29 is 0 Å². The average molecular weight is 218 g/mol. The van der Waals surface area contributed by atoms with Crippen LogP contribution in [0.2, 0.25) is 0 Å². The van der Waals surface area contributed by atoms with E-state index < -0.39 is 0 Å². The summed E-state index contributed by atoms with van der Waals surface area (Å²) in [4.78, 5) is 2.57. The van der Waals surface area contributed by atoms with Gasteiger partial charge in [0.05, 0.1) is 0 Å². The quantitative estimate of drug-likeness (QED) is 0.836. The number of hydrogen-bond donors (Lipinski definition) is 1. The van der Waals surface area contributed by atoms with E-state index in [2.05, 4.69) is 47.5 Å². The summed E-state index contributed by atoms with van der Waals surface area (Å²) in [6.07, 6.45) is 3.82.